The van der Waals surface area contributed by atoms with Crippen LogP contribution in [-0.4, -0.2) is 42.9 Å². The Balaban J connectivity index is 1.49. The number of ether oxygens (including phenoxy) is 2. The fraction of sp³-hybridized carbons (Fsp3) is 0.364. The number of hydrogen-bond donors (Lipinski definition) is 0. The van der Waals surface area contributed by atoms with E-state index in [4.69, 9.17) is 9.47 Å². The average Bonchev–Trinajstić information content (AvgIpc) is 2.67. The number of carbonyl (C=O) groups excluding carboxylic acids is 2. The van der Waals surface area contributed by atoms with Crippen LogP contribution in [0.1, 0.15) is 34.3 Å². The molecule has 5 heteroatoms. The van der Waals surface area contributed by atoms with Gasteiger partial charge in [0.1, 0.15) is 6.61 Å². The highest BCUT2D eigenvalue weighted by molar-refractivity contribution is 5.98. The van der Waals surface area contributed by atoms with Gasteiger partial charge in [0.15, 0.2) is 23.4 Å². The summed E-state index contributed by atoms with van der Waals surface area (Å²) in [6, 6.07) is 13.1. The summed E-state index contributed by atoms with van der Waals surface area (Å²) in [5.74, 6) is 1.34. The zero-order chi connectivity index (χ0) is 19.4. The van der Waals surface area contributed by atoms with Gasteiger partial charge in [-0.1, -0.05) is 24.3 Å². The van der Waals surface area contributed by atoms with Crippen LogP contribution in [0.5, 0.6) is 11.5 Å². The first-order chi connectivity index (χ1) is 12.9. The molecule has 0 aliphatic carbocycles. The fourth-order valence-corrected chi connectivity index (χ4v) is 3.03. The Hall–Kier alpha value is -2.82. The average molecular weight is 367 g/mol. The molecule has 0 radical (unpaired) electrons. The first-order valence-corrected chi connectivity index (χ1v) is 9.17. The van der Waals surface area contributed by atoms with Crippen molar-refractivity contribution in [2.45, 2.75) is 32.8 Å². The van der Waals surface area contributed by atoms with Gasteiger partial charge in [-0.3, -0.25) is 9.59 Å². The van der Waals surface area contributed by atoms with Crippen LogP contribution < -0.4 is 9.47 Å². The van der Waals surface area contributed by atoms with E-state index < -0.39 is 0 Å². The van der Waals surface area contributed by atoms with E-state index in [0.29, 0.717) is 24.5 Å². The number of ketones is 1. The first-order valence-electron chi connectivity index (χ1n) is 9.17. The van der Waals surface area contributed by atoms with Crippen LogP contribution in [0.2, 0.25) is 0 Å². The van der Waals surface area contributed by atoms with E-state index in [-0.39, 0.29) is 30.6 Å². The monoisotopic (exact) mass is 367 g/mol. The molecule has 0 N–H and O–H groups in total. The van der Waals surface area contributed by atoms with Crippen LogP contribution in [0.25, 0.3) is 0 Å². The van der Waals surface area contributed by atoms with Crippen LogP contribution in [0.4, 0.5) is 0 Å². The summed E-state index contributed by atoms with van der Waals surface area (Å²) in [6.07, 6.45) is 0.174. The van der Waals surface area contributed by atoms with Gasteiger partial charge >= 0.3 is 0 Å². The van der Waals surface area contributed by atoms with Gasteiger partial charge in [-0.2, -0.15) is 0 Å². The van der Waals surface area contributed by atoms with Crippen molar-refractivity contribution in [2.75, 3.05) is 20.2 Å². The number of benzene rings is 2. The highest BCUT2D eigenvalue weighted by Crippen LogP contribution is 2.31. The predicted octanol–water partition coefficient (Wildman–Crippen LogP) is 3.56. The summed E-state index contributed by atoms with van der Waals surface area (Å²) in [5.41, 5.74) is 2.90. The molecule has 0 saturated carbocycles. The lowest BCUT2D eigenvalue weighted by atomic mass is 10.0. The third-order valence-electron chi connectivity index (χ3n) is 4.87. The number of rotatable bonds is 6. The maximum absolute atomic E-state index is 12.4. The standard InChI is InChI=1S/C22H25NO4/c1-15-8-9-17(12-16(15)2)19(24)10-11-22(25)23(3)13-18-14-26-20-6-4-5-7-21(20)27-18/h4-9,12,18H,10-11,13-14H2,1-3H3. The number of Topliss-reactive ketones (excluding diaryl/α,β-unsaturated/α-hetero) is 1. The largest absolute Gasteiger partial charge is 0.486 e. The van der Waals surface area contributed by atoms with Gasteiger partial charge in [0.25, 0.3) is 0 Å². The second-order valence-electron chi connectivity index (χ2n) is 6.99. The van der Waals surface area contributed by atoms with Crippen molar-refractivity contribution in [3.05, 3.63) is 59.2 Å². The molecule has 1 amide bonds. The molecule has 1 unspecified atom stereocenters. The lowest BCUT2D eigenvalue weighted by Gasteiger charge is -2.29. The number of amides is 1. The Bertz CT molecular complexity index is 846. The van der Waals surface area contributed by atoms with Gasteiger partial charge in [0, 0.05) is 25.5 Å². The Morgan fingerprint density at radius 3 is 2.52 bits per heavy atom. The number of likely N-dealkylation sites (N-methyl/N-ethyl adjacent to an activating group) is 1. The molecule has 142 valence electrons. The van der Waals surface area contributed by atoms with Gasteiger partial charge in [0.05, 0.1) is 6.54 Å². The summed E-state index contributed by atoms with van der Waals surface area (Å²) < 4.78 is 11.6. The van der Waals surface area contributed by atoms with Gasteiger partial charge < -0.3 is 14.4 Å². The van der Waals surface area contributed by atoms with E-state index in [9.17, 15) is 9.59 Å². The molecule has 1 aliphatic rings. The SMILES string of the molecule is Cc1ccc(C(=O)CCC(=O)N(C)CC2COc3ccccc3O2)cc1C. The zero-order valence-corrected chi connectivity index (χ0v) is 16.0. The van der Waals surface area contributed by atoms with Crippen molar-refractivity contribution in [3.8, 4) is 11.5 Å². The minimum atomic E-state index is -0.218. The number of aryl methyl sites for hydroxylation is 2. The molecular formula is C22H25NO4. The second-order valence-corrected chi connectivity index (χ2v) is 6.99. The molecule has 0 fully saturated rings. The smallest absolute Gasteiger partial charge is 0.222 e. The molecule has 1 atom stereocenters. The van der Waals surface area contributed by atoms with Crippen molar-refractivity contribution >= 4 is 11.7 Å². The van der Waals surface area contributed by atoms with E-state index in [0.717, 1.165) is 16.9 Å². The molecule has 2 aromatic carbocycles. The lowest BCUT2D eigenvalue weighted by molar-refractivity contribution is -0.131. The number of nitrogens with zero attached hydrogens (tertiary/aromatic N) is 1. The Morgan fingerprint density at radius 2 is 1.78 bits per heavy atom. The number of carbonyl (C=O) groups is 2. The summed E-state index contributed by atoms with van der Waals surface area (Å²) in [7, 11) is 1.73. The van der Waals surface area contributed by atoms with Crippen LogP contribution in [0, 0.1) is 13.8 Å². The maximum atomic E-state index is 12.4. The fourth-order valence-electron chi connectivity index (χ4n) is 3.03. The van der Waals surface area contributed by atoms with E-state index >= 15 is 0 Å². The van der Waals surface area contributed by atoms with Crippen LogP contribution in [0.15, 0.2) is 42.5 Å². The third kappa shape index (κ3) is 4.67. The van der Waals surface area contributed by atoms with Gasteiger partial charge in [-0.15, -0.1) is 0 Å². The molecule has 2 aromatic rings. The van der Waals surface area contributed by atoms with E-state index in [1.165, 1.54) is 0 Å². The number of para-hydroxylation sites is 2. The highest BCUT2D eigenvalue weighted by Gasteiger charge is 2.24. The molecule has 0 bridgehead atoms. The third-order valence-corrected chi connectivity index (χ3v) is 4.87. The number of hydrogen-bond acceptors (Lipinski definition) is 4. The van der Waals surface area contributed by atoms with E-state index in [1.807, 2.05) is 56.3 Å². The summed E-state index contributed by atoms with van der Waals surface area (Å²) >= 11 is 0. The minimum absolute atomic E-state index is 0.00831. The quantitative estimate of drug-likeness (QED) is 0.733. The van der Waals surface area contributed by atoms with Gasteiger partial charge in [0.2, 0.25) is 5.91 Å². The Labute approximate surface area is 159 Å². The summed E-state index contributed by atoms with van der Waals surface area (Å²) in [4.78, 5) is 26.4. The zero-order valence-electron chi connectivity index (χ0n) is 16.0. The molecular weight excluding hydrogens is 342 g/mol. The lowest BCUT2D eigenvalue weighted by Crippen LogP contribution is -2.41. The molecule has 1 heterocycles. The molecule has 3 rings (SSSR count). The predicted molar refractivity (Wildman–Crippen MR) is 103 cm³/mol. The Kier molecular flexibility index (Phi) is 5.79. The normalized spacial score (nSPS) is 15.3. The van der Waals surface area contributed by atoms with Crippen LogP contribution in [-0.2, 0) is 4.79 Å². The van der Waals surface area contributed by atoms with Crippen LogP contribution in [0.3, 0.4) is 0 Å². The summed E-state index contributed by atoms with van der Waals surface area (Å²) in [6.45, 7) is 4.81. The number of fused-ring (bicyclic) bond motifs is 1. The van der Waals surface area contributed by atoms with Gasteiger partial charge in [-0.05, 0) is 43.2 Å². The minimum Gasteiger partial charge on any atom is -0.486 e. The maximum Gasteiger partial charge on any atom is 0.222 e. The van der Waals surface area contributed by atoms with E-state index in [1.54, 1.807) is 11.9 Å². The van der Waals surface area contributed by atoms with Crippen molar-refractivity contribution in [2.24, 2.45) is 0 Å². The Morgan fingerprint density at radius 1 is 1.04 bits per heavy atom. The molecule has 0 spiro atoms. The van der Waals surface area contributed by atoms with Crippen LogP contribution >= 0.6 is 0 Å². The van der Waals surface area contributed by atoms with Crippen molar-refractivity contribution < 1.29 is 19.1 Å². The molecule has 1 aliphatic heterocycles. The molecule has 27 heavy (non-hydrogen) atoms. The molecule has 5 nitrogen and oxygen atoms in total. The van der Waals surface area contributed by atoms with Gasteiger partial charge in [-0.25, -0.2) is 0 Å². The van der Waals surface area contributed by atoms with E-state index in [2.05, 4.69) is 0 Å². The first kappa shape index (κ1) is 19.0. The molecule has 0 aromatic heterocycles. The van der Waals surface area contributed by atoms with Crippen molar-refractivity contribution in [1.82, 2.24) is 4.90 Å². The topological polar surface area (TPSA) is 55.8 Å². The highest BCUT2D eigenvalue weighted by atomic mass is 16.6. The second kappa shape index (κ2) is 8.25. The summed E-state index contributed by atoms with van der Waals surface area (Å²) in [5, 5.41) is 0. The molecule has 0 saturated heterocycles. The van der Waals surface area contributed by atoms with Crippen molar-refractivity contribution in [3.63, 3.8) is 0 Å². The van der Waals surface area contributed by atoms with Crippen molar-refractivity contribution in [1.29, 1.82) is 0 Å².